The Morgan fingerprint density at radius 1 is 1.62 bits per heavy atom. The van der Waals surface area contributed by atoms with E-state index in [0.717, 1.165) is 0 Å². The highest BCUT2D eigenvalue weighted by Gasteiger charge is 2.28. The minimum atomic E-state index is -0.491. The van der Waals surface area contributed by atoms with E-state index in [9.17, 15) is 9.59 Å². The largest absolute Gasteiger partial charge is 0.468 e. The third-order valence-corrected chi connectivity index (χ3v) is 1.76. The molecule has 1 aliphatic heterocycles. The van der Waals surface area contributed by atoms with Crippen LogP contribution < -0.4 is 5.32 Å². The van der Waals surface area contributed by atoms with Crippen molar-refractivity contribution in [1.82, 2.24) is 10.2 Å². The van der Waals surface area contributed by atoms with Gasteiger partial charge in [0.15, 0.2) is 0 Å². The quantitative estimate of drug-likeness (QED) is 0.519. The molecule has 2 amide bonds. The summed E-state index contributed by atoms with van der Waals surface area (Å²) >= 11 is 0. The zero-order valence-corrected chi connectivity index (χ0v) is 7.32. The van der Waals surface area contributed by atoms with Gasteiger partial charge in [0.05, 0.1) is 26.3 Å². The van der Waals surface area contributed by atoms with E-state index in [0.29, 0.717) is 13.1 Å². The van der Waals surface area contributed by atoms with Crippen LogP contribution in [0.15, 0.2) is 0 Å². The van der Waals surface area contributed by atoms with E-state index in [-0.39, 0.29) is 12.6 Å². The molecule has 0 aromatic carbocycles. The zero-order valence-electron chi connectivity index (χ0n) is 7.32. The number of likely N-dealkylation sites (tertiary alicyclic amines) is 1. The molecule has 2 N–H and O–H groups in total. The number of methoxy groups -OCH3 is 1. The van der Waals surface area contributed by atoms with E-state index < -0.39 is 12.1 Å². The molecule has 1 fully saturated rings. The van der Waals surface area contributed by atoms with E-state index >= 15 is 0 Å². The lowest BCUT2D eigenvalue weighted by Crippen LogP contribution is -2.57. The van der Waals surface area contributed by atoms with Gasteiger partial charge in [0.2, 0.25) is 0 Å². The second-order valence-corrected chi connectivity index (χ2v) is 2.79. The molecule has 1 rings (SSSR count). The molecule has 0 aromatic rings. The standard InChI is InChI=1S/C7H12N2O4/c1-13-6(11)2-8-7(12)9-3-5(10)4-9/h5,10H,2-4H2,1H3,(H,8,12). The maximum absolute atomic E-state index is 11.1. The Balaban J connectivity index is 2.15. The van der Waals surface area contributed by atoms with Crippen molar-refractivity contribution in [1.29, 1.82) is 0 Å². The van der Waals surface area contributed by atoms with Crippen molar-refractivity contribution < 1.29 is 19.4 Å². The van der Waals surface area contributed by atoms with Crippen molar-refractivity contribution in [2.45, 2.75) is 6.10 Å². The van der Waals surface area contributed by atoms with E-state index in [1.54, 1.807) is 0 Å². The lowest BCUT2D eigenvalue weighted by molar-refractivity contribution is -0.139. The fourth-order valence-corrected chi connectivity index (χ4v) is 0.953. The number of hydrogen-bond donors (Lipinski definition) is 2. The highest BCUT2D eigenvalue weighted by atomic mass is 16.5. The molecular weight excluding hydrogens is 176 g/mol. The summed E-state index contributed by atoms with van der Waals surface area (Å²) in [6.07, 6.45) is -0.427. The van der Waals surface area contributed by atoms with Gasteiger partial charge in [0.1, 0.15) is 6.54 Å². The van der Waals surface area contributed by atoms with Crippen molar-refractivity contribution in [2.24, 2.45) is 0 Å². The number of hydrogen-bond acceptors (Lipinski definition) is 4. The third-order valence-electron chi connectivity index (χ3n) is 1.76. The number of β-amino-alcohol motifs (C(OH)–C–C–N with tert-alkyl or cyclic N) is 1. The van der Waals surface area contributed by atoms with Crippen LogP contribution in [0.25, 0.3) is 0 Å². The molecule has 0 aliphatic carbocycles. The Labute approximate surface area is 75.5 Å². The zero-order chi connectivity index (χ0) is 9.84. The van der Waals surface area contributed by atoms with E-state index in [1.165, 1.54) is 12.0 Å². The van der Waals surface area contributed by atoms with Gasteiger partial charge in [-0.05, 0) is 0 Å². The highest BCUT2D eigenvalue weighted by molar-refractivity contribution is 5.81. The van der Waals surface area contributed by atoms with E-state index in [4.69, 9.17) is 5.11 Å². The smallest absolute Gasteiger partial charge is 0.325 e. The van der Waals surface area contributed by atoms with Crippen molar-refractivity contribution in [2.75, 3.05) is 26.7 Å². The number of urea groups is 1. The average molecular weight is 188 g/mol. The summed E-state index contributed by atoms with van der Waals surface area (Å²) in [4.78, 5) is 23.1. The number of nitrogens with one attached hydrogen (secondary N) is 1. The average Bonchev–Trinajstić information content (AvgIpc) is 2.08. The normalized spacial score (nSPS) is 16.3. The summed E-state index contributed by atoms with van der Waals surface area (Å²) in [6, 6.07) is -0.351. The van der Waals surface area contributed by atoms with E-state index in [2.05, 4.69) is 10.1 Å². The molecule has 1 aliphatic rings. The van der Waals surface area contributed by atoms with Crippen LogP contribution in [0.4, 0.5) is 4.79 Å². The summed E-state index contributed by atoms with van der Waals surface area (Å²) in [7, 11) is 1.25. The van der Waals surface area contributed by atoms with Gasteiger partial charge < -0.3 is 20.1 Å². The Hall–Kier alpha value is -1.30. The minimum Gasteiger partial charge on any atom is -0.468 e. The Morgan fingerprint density at radius 3 is 2.69 bits per heavy atom. The predicted molar refractivity (Wildman–Crippen MR) is 43.0 cm³/mol. The van der Waals surface area contributed by atoms with Crippen LogP contribution >= 0.6 is 0 Å². The summed E-state index contributed by atoms with van der Waals surface area (Å²) in [5, 5.41) is 11.2. The van der Waals surface area contributed by atoms with E-state index in [1.807, 2.05) is 0 Å². The molecule has 1 saturated heterocycles. The summed E-state index contributed by atoms with van der Waals surface area (Å²) in [5.41, 5.74) is 0. The topological polar surface area (TPSA) is 78.9 Å². The Morgan fingerprint density at radius 2 is 2.23 bits per heavy atom. The van der Waals surface area contributed by atoms with Crippen molar-refractivity contribution in [3.63, 3.8) is 0 Å². The van der Waals surface area contributed by atoms with Gasteiger partial charge in [-0.25, -0.2) is 4.79 Å². The summed E-state index contributed by atoms with van der Waals surface area (Å²) in [6.45, 7) is 0.516. The first-order valence-corrected chi connectivity index (χ1v) is 3.91. The van der Waals surface area contributed by atoms with Gasteiger partial charge >= 0.3 is 12.0 Å². The van der Waals surface area contributed by atoms with Gasteiger partial charge in [-0.3, -0.25) is 4.79 Å². The highest BCUT2D eigenvalue weighted by Crippen LogP contribution is 2.06. The number of aliphatic hydroxyl groups is 1. The van der Waals surface area contributed by atoms with Crippen LogP contribution in [0.5, 0.6) is 0 Å². The maximum atomic E-state index is 11.1. The second-order valence-electron chi connectivity index (χ2n) is 2.79. The number of ether oxygens (including phenoxy) is 1. The molecule has 0 spiro atoms. The molecule has 74 valence electrons. The maximum Gasteiger partial charge on any atom is 0.325 e. The molecule has 6 heteroatoms. The van der Waals surface area contributed by atoms with Gasteiger partial charge in [0.25, 0.3) is 0 Å². The lowest BCUT2D eigenvalue weighted by Gasteiger charge is -2.35. The van der Waals surface area contributed by atoms with Crippen LogP contribution in [-0.2, 0) is 9.53 Å². The van der Waals surface area contributed by atoms with Crippen LogP contribution in [0, 0.1) is 0 Å². The Kier molecular flexibility index (Phi) is 3.07. The number of amides is 2. The Bertz CT molecular complexity index is 213. The molecule has 13 heavy (non-hydrogen) atoms. The molecule has 0 unspecified atom stereocenters. The van der Waals surface area contributed by atoms with Gasteiger partial charge in [-0.2, -0.15) is 0 Å². The first-order chi connectivity index (χ1) is 6.13. The first kappa shape index (κ1) is 9.79. The van der Waals surface area contributed by atoms with Gasteiger partial charge in [-0.15, -0.1) is 0 Å². The van der Waals surface area contributed by atoms with Crippen molar-refractivity contribution in [3.05, 3.63) is 0 Å². The molecule has 0 aromatic heterocycles. The second kappa shape index (κ2) is 4.08. The van der Waals surface area contributed by atoms with Crippen LogP contribution in [0.1, 0.15) is 0 Å². The number of nitrogens with zero attached hydrogens (tertiary/aromatic N) is 1. The molecule has 0 radical (unpaired) electrons. The van der Waals surface area contributed by atoms with Crippen molar-refractivity contribution in [3.8, 4) is 0 Å². The van der Waals surface area contributed by atoms with Crippen LogP contribution in [-0.4, -0.2) is 54.9 Å². The SMILES string of the molecule is COC(=O)CNC(=O)N1CC(O)C1. The molecule has 6 nitrogen and oxygen atoms in total. The van der Waals surface area contributed by atoms with Crippen molar-refractivity contribution >= 4 is 12.0 Å². The monoisotopic (exact) mass is 188 g/mol. The molecule has 0 bridgehead atoms. The summed E-state index contributed by atoms with van der Waals surface area (Å²) in [5.74, 6) is -0.491. The number of carbonyl (C=O) groups excluding carboxylic acids is 2. The number of carbonyl (C=O) groups is 2. The van der Waals surface area contributed by atoms with Crippen LogP contribution in [0.2, 0.25) is 0 Å². The molecule has 0 atom stereocenters. The fourth-order valence-electron chi connectivity index (χ4n) is 0.953. The number of aliphatic hydroxyl groups excluding tert-OH is 1. The fraction of sp³-hybridized carbons (Fsp3) is 0.714. The molecular formula is C7H12N2O4. The minimum absolute atomic E-state index is 0.137. The predicted octanol–water partition coefficient (Wildman–Crippen LogP) is -1.45. The number of rotatable bonds is 2. The van der Waals surface area contributed by atoms with Gasteiger partial charge in [0, 0.05) is 0 Å². The molecule has 0 saturated carbocycles. The molecule has 1 heterocycles. The van der Waals surface area contributed by atoms with Gasteiger partial charge in [-0.1, -0.05) is 0 Å². The first-order valence-electron chi connectivity index (χ1n) is 3.91. The third kappa shape index (κ3) is 2.59. The summed E-state index contributed by atoms with van der Waals surface area (Å²) < 4.78 is 4.33. The number of esters is 1. The van der Waals surface area contributed by atoms with Crippen LogP contribution in [0.3, 0.4) is 0 Å². The lowest BCUT2D eigenvalue weighted by atomic mass is 10.2.